The molecule has 1 unspecified atom stereocenters. The summed E-state index contributed by atoms with van der Waals surface area (Å²) < 4.78 is 6.28. The van der Waals surface area contributed by atoms with Crippen LogP contribution in [0, 0.1) is 5.41 Å². The molecule has 1 spiro atoms. The molecule has 0 aromatic heterocycles. The van der Waals surface area contributed by atoms with Gasteiger partial charge in [0.25, 0.3) is 0 Å². The van der Waals surface area contributed by atoms with E-state index in [2.05, 4.69) is 37.9 Å². The van der Waals surface area contributed by atoms with Gasteiger partial charge < -0.3 is 10.1 Å². The van der Waals surface area contributed by atoms with Crippen molar-refractivity contribution in [3.63, 3.8) is 0 Å². The Balaban J connectivity index is 1.71. The summed E-state index contributed by atoms with van der Waals surface area (Å²) in [6.07, 6.45) is 5.29. The summed E-state index contributed by atoms with van der Waals surface area (Å²) in [6, 6.07) is 0.594. The van der Waals surface area contributed by atoms with E-state index in [-0.39, 0.29) is 11.2 Å². The molecule has 0 radical (unpaired) electrons. The quantitative estimate of drug-likeness (QED) is 0.789. The van der Waals surface area contributed by atoms with Gasteiger partial charge in [0.15, 0.2) is 0 Å². The number of hydrogen-bond donors (Lipinski definition) is 1. The normalized spacial score (nSPS) is 36.9. The molecule has 3 fully saturated rings. The van der Waals surface area contributed by atoms with Gasteiger partial charge in [-0.3, -0.25) is 4.90 Å². The number of likely N-dealkylation sites (tertiary alicyclic amines) is 1. The Hall–Kier alpha value is -0.120. The lowest BCUT2D eigenvalue weighted by molar-refractivity contribution is -0.0796. The molecule has 1 atom stereocenters. The van der Waals surface area contributed by atoms with E-state index in [1.54, 1.807) is 0 Å². The van der Waals surface area contributed by atoms with E-state index in [0.717, 1.165) is 0 Å². The number of piperidine rings is 1. The van der Waals surface area contributed by atoms with Gasteiger partial charge in [-0.2, -0.15) is 0 Å². The van der Waals surface area contributed by atoms with Crippen molar-refractivity contribution in [1.29, 1.82) is 0 Å². The zero-order chi connectivity index (χ0) is 13.7. The predicted molar refractivity (Wildman–Crippen MR) is 78.4 cm³/mol. The van der Waals surface area contributed by atoms with Gasteiger partial charge in [-0.05, 0) is 78.4 Å². The van der Waals surface area contributed by atoms with Crippen molar-refractivity contribution < 1.29 is 4.74 Å². The summed E-state index contributed by atoms with van der Waals surface area (Å²) in [5.74, 6) is 0. The lowest BCUT2D eigenvalue weighted by Gasteiger charge is -2.37. The molecule has 3 nitrogen and oxygen atoms in total. The summed E-state index contributed by atoms with van der Waals surface area (Å²) in [5.41, 5.74) is 0.647. The van der Waals surface area contributed by atoms with E-state index in [9.17, 15) is 0 Å². The highest BCUT2D eigenvalue weighted by Gasteiger charge is 2.51. The standard InChI is InChI=1S/C16H30N2O/c1-14(2)11-13(15(3,4)19-14)18-10-7-16(12-18)5-8-17-9-6-16/h13,17H,5-12H2,1-4H3. The number of hydrogen-bond acceptors (Lipinski definition) is 3. The average Bonchev–Trinajstić information content (AvgIpc) is 2.78. The Morgan fingerprint density at radius 1 is 1.05 bits per heavy atom. The molecular weight excluding hydrogens is 236 g/mol. The van der Waals surface area contributed by atoms with E-state index in [1.165, 1.54) is 51.9 Å². The van der Waals surface area contributed by atoms with Crippen LogP contribution >= 0.6 is 0 Å². The van der Waals surface area contributed by atoms with Crippen LogP contribution in [0.3, 0.4) is 0 Å². The van der Waals surface area contributed by atoms with Crippen molar-refractivity contribution in [3.05, 3.63) is 0 Å². The molecule has 3 heteroatoms. The number of nitrogens with one attached hydrogen (secondary N) is 1. The van der Waals surface area contributed by atoms with Gasteiger partial charge in [-0.15, -0.1) is 0 Å². The third-order valence-electron chi connectivity index (χ3n) is 5.60. The van der Waals surface area contributed by atoms with Crippen LogP contribution in [-0.2, 0) is 4.74 Å². The maximum atomic E-state index is 6.28. The van der Waals surface area contributed by atoms with E-state index < -0.39 is 0 Å². The molecule has 0 aliphatic carbocycles. The first-order chi connectivity index (χ1) is 8.82. The summed E-state index contributed by atoms with van der Waals surface area (Å²) in [6.45, 7) is 14.0. The molecule has 110 valence electrons. The van der Waals surface area contributed by atoms with Crippen LogP contribution in [0.2, 0.25) is 0 Å². The summed E-state index contributed by atoms with van der Waals surface area (Å²) >= 11 is 0. The van der Waals surface area contributed by atoms with Gasteiger partial charge in [0.1, 0.15) is 0 Å². The molecule has 0 aromatic carbocycles. The number of nitrogens with zero attached hydrogens (tertiary/aromatic N) is 1. The maximum absolute atomic E-state index is 6.28. The first kappa shape index (κ1) is 13.8. The van der Waals surface area contributed by atoms with Crippen LogP contribution in [0.1, 0.15) is 53.4 Å². The first-order valence-electron chi connectivity index (χ1n) is 7.97. The van der Waals surface area contributed by atoms with Gasteiger partial charge in [0.2, 0.25) is 0 Å². The first-order valence-corrected chi connectivity index (χ1v) is 7.97. The predicted octanol–water partition coefficient (Wildman–Crippen LogP) is 2.41. The van der Waals surface area contributed by atoms with Gasteiger partial charge in [-0.25, -0.2) is 0 Å². The fraction of sp³-hybridized carbons (Fsp3) is 1.00. The minimum absolute atomic E-state index is 0.00193. The molecule has 19 heavy (non-hydrogen) atoms. The topological polar surface area (TPSA) is 24.5 Å². The van der Waals surface area contributed by atoms with Crippen molar-refractivity contribution in [3.8, 4) is 0 Å². The summed E-state index contributed by atoms with van der Waals surface area (Å²) in [5, 5.41) is 3.51. The molecule has 3 saturated heterocycles. The number of ether oxygens (including phenoxy) is 1. The highest BCUT2D eigenvalue weighted by molar-refractivity contribution is 5.04. The molecule has 0 amide bonds. The molecule has 0 aromatic rings. The Bertz CT molecular complexity index is 345. The molecule has 1 N–H and O–H groups in total. The lowest BCUT2D eigenvalue weighted by Crippen LogP contribution is -2.47. The highest BCUT2D eigenvalue weighted by atomic mass is 16.5. The molecule has 0 bridgehead atoms. The molecule has 3 aliphatic rings. The largest absolute Gasteiger partial charge is 0.368 e. The minimum Gasteiger partial charge on any atom is -0.368 e. The van der Waals surface area contributed by atoms with Gasteiger partial charge in [0.05, 0.1) is 11.2 Å². The Morgan fingerprint density at radius 2 is 1.74 bits per heavy atom. The summed E-state index contributed by atoms with van der Waals surface area (Å²) in [7, 11) is 0. The Kier molecular flexibility index (Phi) is 3.23. The fourth-order valence-corrected chi connectivity index (χ4v) is 4.70. The van der Waals surface area contributed by atoms with E-state index in [1.807, 2.05) is 0 Å². The molecule has 3 heterocycles. The molecule has 3 rings (SSSR count). The van der Waals surface area contributed by atoms with Crippen molar-refractivity contribution >= 4 is 0 Å². The smallest absolute Gasteiger partial charge is 0.0789 e. The zero-order valence-electron chi connectivity index (χ0n) is 13.1. The van der Waals surface area contributed by atoms with Gasteiger partial charge >= 0.3 is 0 Å². The van der Waals surface area contributed by atoms with Gasteiger partial charge in [0, 0.05) is 12.6 Å². The van der Waals surface area contributed by atoms with Crippen molar-refractivity contribution in [1.82, 2.24) is 10.2 Å². The molecule has 3 aliphatic heterocycles. The van der Waals surface area contributed by atoms with Crippen LogP contribution in [0.4, 0.5) is 0 Å². The highest BCUT2D eigenvalue weighted by Crippen LogP contribution is 2.46. The van der Waals surface area contributed by atoms with Crippen LogP contribution in [-0.4, -0.2) is 48.3 Å². The van der Waals surface area contributed by atoms with E-state index in [0.29, 0.717) is 11.5 Å². The SMILES string of the molecule is CC1(C)CC(N2CCC3(CCNCC3)C2)C(C)(C)O1. The van der Waals surface area contributed by atoms with E-state index in [4.69, 9.17) is 4.74 Å². The monoisotopic (exact) mass is 266 g/mol. The minimum atomic E-state index is 0.00193. The van der Waals surface area contributed by atoms with Crippen LogP contribution in [0.25, 0.3) is 0 Å². The molecular formula is C16H30N2O. The zero-order valence-corrected chi connectivity index (χ0v) is 13.1. The van der Waals surface area contributed by atoms with Crippen LogP contribution in [0.5, 0.6) is 0 Å². The second kappa shape index (κ2) is 4.44. The second-order valence-electron chi connectivity index (χ2n) is 8.16. The van der Waals surface area contributed by atoms with Crippen LogP contribution < -0.4 is 5.32 Å². The van der Waals surface area contributed by atoms with Crippen molar-refractivity contribution in [2.75, 3.05) is 26.2 Å². The fourth-order valence-electron chi connectivity index (χ4n) is 4.70. The second-order valence-corrected chi connectivity index (χ2v) is 8.16. The third kappa shape index (κ3) is 2.57. The molecule has 0 saturated carbocycles. The average molecular weight is 266 g/mol. The lowest BCUT2D eigenvalue weighted by atomic mass is 9.78. The Labute approximate surface area is 118 Å². The summed E-state index contributed by atoms with van der Waals surface area (Å²) in [4.78, 5) is 2.74. The maximum Gasteiger partial charge on any atom is 0.0789 e. The van der Waals surface area contributed by atoms with E-state index >= 15 is 0 Å². The van der Waals surface area contributed by atoms with Crippen LogP contribution in [0.15, 0.2) is 0 Å². The van der Waals surface area contributed by atoms with Gasteiger partial charge in [-0.1, -0.05) is 0 Å². The van der Waals surface area contributed by atoms with Crippen molar-refractivity contribution in [2.24, 2.45) is 5.41 Å². The Morgan fingerprint density at radius 3 is 2.32 bits per heavy atom. The third-order valence-corrected chi connectivity index (χ3v) is 5.60. The van der Waals surface area contributed by atoms with Crippen molar-refractivity contribution in [2.45, 2.75) is 70.6 Å². The number of rotatable bonds is 1.